The minimum absolute atomic E-state index is 0.0694. The molecule has 1 aromatic heterocycles. The van der Waals surface area contributed by atoms with Crippen LogP contribution in [0.4, 0.5) is 4.39 Å². The van der Waals surface area contributed by atoms with Crippen molar-refractivity contribution in [1.82, 2.24) is 19.6 Å². The van der Waals surface area contributed by atoms with Crippen molar-refractivity contribution in [3.63, 3.8) is 0 Å². The lowest BCUT2D eigenvalue weighted by Gasteiger charge is -2.35. The summed E-state index contributed by atoms with van der Waals surface area (Å²) in [4.78, 5) is 17.0. The van der Waals surface area contributed by atoms with E-state index in [-0.39, 0.29) is 23.7 Å². The van der Waals surface area contributed by atoms with Crippen LogP contribution < -0.4 is 0 Å². The number of nitrogens with zero attached hydrogens (tertiary/aromatic N) is 4. The van der Waals surface area contributed by atoms with Crippen molar-refractivity contribution >= 4 is 5.97 Å². The molecule has 3 unspecified atom stereocenters. The summed E-state index contributed by atoms with van der Waals surface area (Å²) in [5.41, 5.74) is 5.09. The molecule has 1 aromatic carbocycles. The minimum Gasteiger partial charge on any atom is -0.480 e. The second-order valence-electron chi connectivity index (χ2n) is 13.8. The molecule has 6 atom stereocenters. The van der Waals surface area contributed by atoms with Crippen LogP contribution in [0.3, 0.4) is 0 Å². The second kappa shape index (κ2) is 14.6. The average molecular weight is 605 g/mol. The summed E-state index contributed by atoms with van der Waals surface area (Å²) in [7, 11) is 1.99. The lowest BCUT2D eigenvalue weighted by atomic mass is 9.87. The van der Waals surface area contributed by atoms with Gasteiger partial charge in [-0.1, -0.05) is 63.1 Å². The smallest absolute Gasteiger partial charge is 0.321 e. The minimum atomic E-state index is -0.744. The molecule has 0 spiro atoms. The van der Waals surface area contributed by atoms with Gasteiger partial charge >= 0.3 is 5.97 Å². The van der Waals surface area contributed by atoms with Crippen LogP contribution >= 0.6 is 0 Å². The molecule has 1 N–H and O–H groups in total. The van der Waals surface area contributed by atoms with Crippen LogP contribution in [0.2, 0.25) is 0 Å². The number of likely N-dealkylation sites (N-methyl/N-ethyl adjacent to an activating group) is 1. The van der Waals surface area contributed by atoms with Crippen molar-refractivity contribution in [3.8, 4) is 0 Å². The molecule has 240 valence electrons. The molecule has 1 saturated heterocycles. The van der Waals surface area contributed by atoms with Gasteiger partial charge in [0.2, 0.25) is 0 Å². The molecule has 1 aliphatic heterocycles. The number of hydrogen-bond acceptors (Lipinski definition) is 4. The Morgan fingerprint density at radius 2 is 1.95 bits per heavy atom. The zero-order valence-electron chi connectivity index (χ0n) is 27.5. The number of rotatable bonds is 12. The van der Waals surface area contributed by atoms with E-state index in [2.05, 4.69) is 65.6 Å². The highest BCUT2D eigenvalue weighted by Gasteiger charge is 2.42. The molecular formula is C37H53FN4O2. The molecule has 3 aliphatic rings. The number of likely N-dealkylation sites (tertiary alicyclic amines) is 1. The summed E-state index contributed by atoms with van der Waals surface area (Å²) in [5.74, 6) is 0.802. The first-order chi connectivity index (χ1) is 21.2. The van der Waals surface area contributed by atoms with E-state index in [1.807, 2.05) is 20.0 Å². The first kappa shape index (κ1) is 32.6. The van der Waals surface area contributed by atoms with Crippen LogP contribution in [0.15, 0.2) is 54.1 Å². The number of aryl methyl sites for hydroxylation is 1. The molecule has 6 nitrogen and oxygen atoms in total. The Kier molecular flexibility index (Phi) is 10.8. The number of halogens is 1. The van der Waals surface area contributed by atoms with E-state index in [1.165, 1.54) is 23.0 Å². The fraction of sp³-hybridized carbons (Fsp3) is 0.622. The van der Waals surface area contributed by atoms with E-state index in [0.29, 0.717) is 17.8 Å². The van der Waals surface area contributed by atoms with Crippen LogP contribution in [-0.4, -0.2) is 69.4 Å². The maximum absolute atomic E-state index is 14.4. The Labute approximate surface area is 264 Å². The molecule has 0 radical (unpaired) electrons. The summed E-state index contributed by atoms with van der Waals surface area (Å²) in [6.45, 7) is 12.5. The van der Waals surface area contributed by atoms with Gasteiger partial charge in [-0.15, -0.1) is 0 Å². The molecule has 2 aromatic rings. The number of piperidine rings is 1. The van der Waals surface area contributed by atoms with Gasteiger partial charge in [-0.2, -0.15) is 5.10 Å². The van der Waals surface area contributed by atoms with Gasteiger partial charge in [0.15, 0.2) is 0 Å². The van der Waals surface area contributed by atoms with Crippen molar-refractivity contribution in [2.75, 3.05) is 26.7 Å². The van der Waals surface area contributed by atoms with Gasteiger partial charge in [0.25, 0.3) is 0 Å². The topological polar surface area (TPSA) is 61.6 Å². The molecule has 44 heavy (non-hydrogen) atoms. The Balaban J connectivity index is 1.26. The standard InChI is InChI=1S/C37H53FN4O2/c1-6-25(3)36(37(43)44)40(5)33-21-30(34(23-33)29-13-10-14-31(38)19-29)24-41-17-15-27(16-18-41)35-22-32(39-42(35)7-2)20-28-12-9-8-11-26(28)4/h8-10,12-14,19,22,25-27,30,33-34,36H,6-7,11,15-18,20-21,23-24H2,1-5H3,(H,43,44)/t25?,26?,30-,33+,34-,36?/m1/s1. The van der Waals surface area contributed by atoms with Crippen molar-refractivity contribution in [3.05, 3.63) is 76.9 Å². The number of benzene rings is 1. The van der Waals surface area contributed by atoms with E-state index in [0.717, 1.165) is 76.7 Å². The molecular weight excluding hydrogens is 551 g/mol. The van der Waals surface area contributed by atoms with Crippen molar-refractivity contribution in [2.24, 2.45) is 17.8 Å². The van der Waals surface area contributed by atoms with Crippen molar-refractivity contribution in [1.29, 1.82) is 0 Å². The highest BCUT2D eigenvalue weighted by atomic mass is 19.1. The lowest BCUT2D eigenvalue weighted by Crippen LogP contribution is -2.47. The lowest BCUT2D eigenvalue weighted by molar-refractivity contribution is -0.145. The quantitative estimate of drug-likeness (QED) is 0.276. The first-order valence-corrected chi connectivity index (χ1v) is 17.0. The Morgan fingerprint density at radius 3 is 2.61 bits per heavy atom. The van der Waals surface area contributed by atoms with E-state index in [1.54, 1.807) is 6.07 Å². The largest absolute Gasteiger partial charge is 0.480 e. The van der Waals surface area contributed by atoms with Gasteiger partial charge in [-0.05, 0) is 107 Å². The van der Waals surface area contributed by atoms with E-state index < -0.39 is 12.0 Å². The highest BCUT2D eigenvalue weighted by molar-refractivity contribution is 5.73. The third kappa shape index (κ3) is 7.37. The molecule has 0 amide bonds. The van der Waals surface area contributed by atoms with Crippen LogP contribution in [0, 0.1) is 23.6 Å². The van der Waals surface area contributed by atoms with Gasteiger partial charge in [0, 0.05) is 37.2 Å². The molecule has 2 aliphatic carbocycles. The van der Waals surface area contributed by atoms with Crippen LogP contribution in [0.25, 0.3) is 0 Å². The van der Waals surface area contributed by atoms with Crippen LogP contribution in [0.1, 0.15) is 95.0 Å². The fourth-order valence-electron chi connectivity index (χ4n) is 8.18. The van der Waals surface area contributed by atoms with E-state index >= 15 is 0 Å². The third-order valence-corrected chi connectivity index (χ3v) is 11.0. The zero-order chi connectivity index (χ0) is 31.4. The number of aliphatic carboxylic acids is 1. The maximum Gasteiger partial charge on any atom is 0.321 e. The Morgan fingerprint density at radius 1 is 1.18 bits per heavy atom. The predicted octanol–water partition coefficient (Wildman–Crippen LogP) is 7.28. The normalized spacial score (nSPS) is 26.2. The number of hydrogen-bond donors (Lipinski definition) is 1. The highest BCUT2D eigenvalue weighted by Crippen LogP contribution is 2.44. The molecule has 2 heterocycles. The summed E-state index contributed by atoms with van der Waals surface area (Å²) in [5, 5.41) is 15.1. The molecule has 2 fully saturated rings. The summed E-state index contributed by atoms with van der Waals surface area (Å²) in [6.07, 6.45) is 13.6. The Hall–Kier alpha value is -2.77. The SMILES string of the molecule is CCC(C)C(C(=O)O)N(C)[C@H]1C[C@H](CN2CCC(c3cc(CC4=CC=CCC4C)nn3CC)CC2)[C@@H](c2cccc(F)c2)C1. The fourth-order valence-corrected chi connectivity index (χ4v) is 8.18. The first-order valence-electron chi connectivity index (χ1n) is 17.0. The van der Waals surface area contributed by atoms with E-state index in [9.17, 15) is 14.3 Å². The van der Waals surface area contributed by atoms with Crippen molar-refractivity contribution < 1.29 is 14.3 Å². The molecule has 7 heteroatoms. The van der Waals surface area contributed by atoms with Crippen molar-refractivity contribution in [2.45, 2.75) is 103 Å². The third-order valence-electron chi connectivity index (χ3n) is 11.0. The predicted molar refractivity (Wildman–Crippen MR) is 175 cm³/mol. The number of allylic oxidation sites excluding steroid dienone is 4. The molecule has 5 rings (SSSR count). The number of carboxylic acid groups (broad SMARTS) is 1. The van der Waals surface area contributed by atoms with Gasteiger partial charge in [-0.3, -0.25) is 14.4 Å². The molecule has 0 bridgehead atoms. The second-order valence-corrected chi connectivity index (χ2v) is 13.8. The summed E-state index contributed by atoms with van der Waals surface area (Å²) >= 11 is 0. The molecule has 1 saturated carbocycles. The maximum atomic E-state index is 14.4. The summed E-state index contributed by atoms with van der Waals surface area (Å²) in [6, 6.07) is 9.11. The number of aromatic nitrogens is 2. The zero-order valence-corrected chi connectivity index (χ0v) is 27.5. The van der Waals surface area contributed by atoms with Crippen LogP contribution in [-0.2, 0) is 17.8 Å². The van der Waals surface area contributed by atoms with Gasteiger partial charge in [0.05, 0.1) is 5.69 Å². The number of carbonyl (C=O) groups is 1. The van der Waals surface area contributed by atoms with Gasteiger partial charge in [0.1, 0.15) is 11.9 Å². The van der Waals surface area contributed by atoms with E-state index in [4.69, 9.17) is 5.10 Å². The van der Waals surface area contributed by atoms with Gasteiger partial charge < -0.3 is 10.0 Å². The number of carboxylic acids is 1. The monoisotopic (exact) mass is 604 g/mol. The van der Waals surface area contributed by atoms with Crippen LogP contribution in [0.5, 0.6) is 0 Å². The van der Waals surface area contributed by atoms with Gasteiger partial charge in [-0.25, -0.2) is 4.39 Å². The Bertz CT molecular complexity index is 1330. The average Bonchev–Trinajstić information content (AvgIpc) is 3.63. The summed E-state index contributed by atoms with van der Waals surface area (Å²) < 4.78 is 16.6.